The lowest BCUT2D eigenvalue weighted by atomic mass is 10.1. The Kier molecular flexibility index (Phi) is 4.21. The van der Waals surface area contributed by atoms with Gasteiger partial charge in [0.25, 0.3) is 5.91 Å². The Morgan fingerprint density at radius 3 is 2.62 bits per heavy atom. The van der Waals surface area contributed by atoms with Gasteiger partial charge >= 0.3 is 0 Å². The Hall–Kier alpha value is -3.08. The zero-order chi connectivity index (χ0) is 18.1. The van der Waals surface area contributed by atoms with Gasteiger partial charge in [-0.1, -0.05) is 18.2 Å². The van der Waals surface area contributed by atoms with Crippen LogP contribution in [-0.4, -0.2) is 25.1 Å². The number of nitrogens with one attached hydrogen (secondary N) is 1. The van der Waals surface area contributed by atoms with E-state index in [0.29, 0.717) is 28.7 Å². The summed E-state index contributed by atoms with van der Waals surface area (Å²) in [6.07, 6.45) is 2.28. The van der Waals surface area contributed by atoms with E-state index >= 15 is 0 Å². The number of rotatable bonds is 5. The number of aromatic nitrogens is 1. The summed E-state index contributed by atoms with van der Waals surface area (Å²) in [5.41, 5.74) is 3.09. The van der Waals surface area contributed by atoms with Crippen LogP contribution in [0.2, 0.25) is 0 Å². The van der Waals surface area contributed by atoms with Gasteiger partial charge in [0.2, 0.25) is 0 Å². The number of para-hydroxylation sites is 1. The summed E-state index contributed by atoms with van der Waals surface area (Å²) >= 11 is 0. The molecule has 5 nitrogen and oxygen atoms in total. The first-order valence-corrected chi connectivity index (χ1v) is 8.62. The molecule has 3 aromatic rings. The molecule has 0 saturated heterocycles. The van der Waals surface area contributed by atoms with Crippen molar-refractivity contribution in [1.82, 2.24) is 4.98 Å². The average Bonchev–Trinajstić information content (AvgIpc) is 3.52. The molecule has 4 rings (SSSR count). The lowest BCUT2D eigenvalue weighted by Gasteiger charge is -2.13. The van der Waals surface area contributed by atoms with Crippen LogP contribution < -0.4 is 14.8 Å². The predicted molar refractivity (Wildman–Crippen MR) is 101 cm³/mol. The molecule has 1 aliphatic rings. The van der Waals surface area contributed by atoms with E-state index in [-0.39, 0.29) is 5.91 Å². The summed E-state index contributed by atoms with van der Waals surface area (Å²) in [6.45, 7) is 0. The summed E-state index contributed by atoms with van der Waals surface area (Å²) < 4.78 is 10.6. The first-order chi connectivity index (χ1) is 12.7. The summed E-state index contributed by atoms with van der Waals surface area (Å²) in [5.74, 6) is 1.53. The van der Waals surface area contributed by atoms with Crippen LogP contribution in [0, 0.1) is 0 Å². The molecule has 132 valence electrons. The molecule has 1 aliphatic carbocycles. The second-order valence-electron chi connectivity index (χ2n) is 6.41. The number of anilines is 1. The molecule has 2 aromatic carbocycles. The maximum Gasteiger partial charge on any atom is 0.256 e. The fraction of sp³-hybridized carbons (Fsp3) is 0.238. The van der Waals surface area contributed by atoms with E-state index in [1.54, 1.807) is 32.4 Å². The number of pyridine rings is 1. The van der Waals surface area contributed by atoms with Crippen molar-refractivity contribution in [2.75, 3.05) is 19.5 Å². The number of amides is 1. The third-order valence-electron chi connectivity index (χ3n) is 4.63. The van der Waals surface area contributed by atoms with E-state index in [1.165, 1.54) is 0 Å². The molecule has 1 saturated carbocycles. The molecule has 0 radical (unpaired) electrons. The van der Waals surface area contributed by atoms with Crippen molar-refractivity contribution in [3.05, 3.63) is 59.8 Å². The molecule has 0 unspecified atom stereocenters. The first-order valence-electron chi connectivity index (χ1n) is 8.62. The van der Waals surface area contributed by atoms with Gasteiger partial charge in [-0.15, -0.1) is 0 Å². The highest BCUT2D eigenvalue weighted by Gasteiger charge is 2.27. The van der Waals surface area contributed by atoms with Crippen LogP contribution >= 0.6 is 0 Å². The van der Waals surface area contributed by atoms with Gasteiger partial charge in [0.15, 0.2) is 0 Å². The summed E-state index contributed by atoms with van der Waals surface area (Å²) in [6, 6.07) is 15.0. The van der Waals surface area contributed by atoms with Gasteiger partial charge in [0.1, 0.15) is 11.5 Å². The third-order valence-corrected chi connectivity index (χ3v) is 4.63. The number of methoxy groups -OCH3 is 2. The number of carbonyl (C=O) groups excluding carboxylic acids is 1. The minimum Gasteiger partial charge on any atom is -0.497 e. The number of nitrogens with zero attached hydrogens (tertiary/aromatic N) is 1. The van der Waals surface area contributed by atoms with Crippen molar-refractivity contribution in [3.8, 4) is 11.5 Å². The van der Waals surface area contributed by atoms with Crippen LogP contribution in [0.15, 0.2) is 48.5 Å². The normalized spacial score (nSPS) is 13.5. The van der Waals surface area contributed by atoms with E-state index in [9.17, 15) is 4.79 Å². The minimum atomic E-state index is -0.172. The standard InChI is InChI=1S/C21H20N2O3/c1-25-14-9-10-18(20(11-14)26-2)23-21(24)16-12-19(13-7-8-13)22-17-6-4-3-5-15(16)17/h3-6,9-13H,7-8H2,1-2H3,(H,23,24). The lowest BCUT2D eigenvalue weighted by Crippen LogP contribution is -2.14. The third kappa shape index (κ3) is 3.08. The smallest absolute Gasteiger partial charge is 0.256 e. The Morgan fingerprint density at radius 2 is 1.88 bits per heavy atom. The molecular formula is C21H20N2O3. The zero-order valence-electron chi connectivity index (χ0n) is 14.8. The van der Waals surface area contributed by atoms with Crippen molar-refractivity contribution in [2.45, 2.75) is 18.8 Å². The second kappa shape index (κ2) is 6.67. The maximum absolute atomic E-state index is 13.0. The van der Waals surface area contributed by atoms with Gasteiger partial charge in [0.05, 0.1) is 31.0 Å². The van der Waals surface area contributed by atoms with Crippen LogP contribution in [0.1, 0.15) is 34.8 Å². The highest BCUT2D eigenvalue weighted by Crippen LogP contribution is 2.40. The second-order valence-corrected chi connectivity index (χ2v) is 6.41. The van der Waals surface area contributed by atoms with Crippen LogP contribution in [0.25, 0.3) is 10.9 Å². The van der Waals surface area contributed by atoms with E-state index < -0.39 is 0 Å². The van der Waals surface area contributed by atoms with Crippen molar-refractivity contribution in [1.29, 1.82) is 0 Å². The molecule has 0 spiro atoms. The largest absolute Gasteiger partial charge is 0.497 e. The van der Waals surface area contributed by atoms with Crippen LogP contribution in [-0.2, 0) is 0 Å². The zero-order valence-corrected chi connectivity index (χ0v) is 14.8. The molecule has 5 heteroatoms. The Bertz CT molecular complexity index is 980. The fourth-order valence-electron chi connectivity index (χ4n) is 3.06. The van der Waals surface area contributed by atoms with Gasteiger partial charge in [-0.05, 0) is 37.1 Å². The number of hydrogen-bond acceptors (Lipinski definition) is 4. The molecular weight excluding hydrogens is 328 g/mol. The van der Waals surface area contributed by atoms with Gasteiger partial charge in [-0.3, -0.25) is 9.78 Å². The van der Waals surface area contributed by atoms with Crippen LogP contribution in [0.5, 0.6) is 11.5 Å². The summed E-state index contributed by atoms with van der Waals surface area (Å²) in [5, 5.41) is 3.81. The maximum atomic E-state index is 13.0. The molecule has 1 amide bonds. The van der Waals surface area contributed by atoms with Gasteiger partial charge in [-0.25, -0.2) is 0 Å². The molecule has 1 N–H and O–H groups in total. The SMILES string of the molecule is COc1ccc(NC(=O)c2cc(C3CC3)nc3ccccc23)c(OC)c1. The van der Waals surface area contributed by atoms with E-state index in [2.05, 4.69) is 5.32 Å². The van der Waals surface area contributed by atoms with Crippen LogP contribution in [0.4, 0.5) is 5.69 Å². The molecule has 0 aliphatic heterocycles. The van der Waals surface area contributed by atoms with Crippen molar-refractivity contribution >= 4 is 22.5 Å². The van der Waals surface area contributed by atoms with Crippen LogP contribution in [0.3, 0.4) is 0 Å². The Morgan fingerprint density at radius 1 is 1.08 bits per heavy atom. The van der Waals surface area contributed by atoms with Crippen molar-refractivity contribution in [3.63, 3.8) is 0 Å². The number of benzene rings is 2. The van der Waals surface area contributed by atoms with Gasteiger partial charge in [-0.2, -0.15) is 0 Å². The highest BCUT2D eigenvalue weighted by atomic mass is 16.5. The molecule has 1 aromatic heterocycles. The molecule has 0 atom stereocenters. The average molecular weight is 348 g/mol. The summed E-state index contributed by atoms with van der Waals surface area (Å²) in [4.78, 5) is 17.7. The minimum absolute atomic E-state index is 0.172. The topological polar surface area (TPSA) is 60.5 Å². The van der Waals surface area contributed by atoms with E-state index in [1.807, 2.05) is 30.3 Å². The predicted octanol–water partition coefficient (Wildman–Crippen LogP) is 4.38. The quantitative estimate of drug-likeness (QED) is 0.743. The number of carbonyl (C=O) groups is 1. The lowest BCUT2D eigenvalue weighted by molar-refractivity contribution is 0.102. The number of ether oxygens (including phenoxy) is 2. The van der Waals surface area contributed by atoms with Crippen molar-refractivity contribution in [2.24, 2.45) is 0 Å². The Balaban J connectivity index is 1.72. The van der Waals surface area contributed by atoms with Gasteiger partial charge < -0.3 is 14.8 Å². The molecule has 26 heavy (non-hydrogen) atoms. The summed E-state index contributed by atoms with van der Waals surface area (Å²) in [7, 11) is 3.16. The van der Waals surface area contributed by atoms with E-state index in [0.717, 1.165) is 29.4 Å². The molecule has 0 bridgehead atoms. The molecule has 1 fully saturated rings. The number of fused-ring (bicyclic) bond motifs is 1. The monoisotopic (exact) mass is 348 g/mol. The molecule has 1 heterocycles. The number of hydrogen-bond donors (Lipinski definition) is 1. The highest BCUT2D eigenvalue weighted by molar-refractivity contribution is 6.12. The first kappa shape index (κ1) is 16.4. The van der Waals surface area contributed by atoms with Gasteiger partial charge in [0, 0.05) is 23.1 Å². The fourth-order valence-corrected chi connectivity index (χ4v) is 3.06. The van der Waals surface area contributed by atoms with Crippen molar-refractivity contribution < 1.29 is 14.3 Å². The Labute approximate surface area is 152 Å². The van der Waals surface area contributed by atoms with E-state index in [4.69, 9.17) is 14.5 Å².